The third-order valence-corrected chi connectivity index (χ3v) is 5.86. The number of benzene rings is 1. The molecule has 3 aromatic rings. The maximum absolute atomic E-state index is 6.08. The Morgan fingerprint density at radius 1 is 1.23 bits per heavy atom. The summed E-state index contributed by atoms with van der Waals surface area (Å²) in [6.07, 6.45) is 1.91. The summed E-state index contributed by atoms with van der Waals surface area (Å²) in [4.78, 5) is 11.5. The summed E-state index contributed by atoms with van der Waals surface area (Å²) in [7, 11) is 0. The molecule has 22 heavy (non-hydrogen) atoms. The molecule has 0 fully saturated rings. The largest absolute Gasteiger partial charge is 0.375 e. The van der Waals surface area contributed by atoms with Gasteiger partial charge in [0.25, 0.3) is 0 Å². The molecule has 3 N–H and O–H groups in total. The van der Waals surface area contributed by atoms with Crippen molar-refractivity contribution in [1.29, 1.82) is 0 Å². The third-order valence-electron chi connectivity index (χ3n) is 3.66. The number of halogens is 1. The van der Waals surface area contributed by atoms with E-state index in [0.717, 1.165) is 45.5 Å². The number of fused-ring (bicyclic) bond motifs is 3. The molecule has 0 saturated heterocycles. The third kappa shape index (κ3) is 2.37. The highest BCUT2D eigenvalue weighted by molar-refractivity contribution is 7.20. The first-order valence-electron chi connectivity index (χ1n) is 6.88. The Morgan fingerprint density at radius 3 is 2.95 bits per heavy atom. The molecule has 4 rings (SSSR count). The summed E-state index contributed by atoms with van der Waals surface area (Å²) in [5, 5.41) is 5.60. The molecule has 112 valence electrons. The highest BCUT2D eigenvalue weighted by Crippen LogP contribution is 2.42. The van der Waals surface area contributed by atoms with E-state index in [9.17, 15) is 0 Å². The lowest BCUT2D eigenvalue weighted by Gasteiger charge is -2.07. The van der Waals surface area contributed by atoms with Crippen molar-refractivity contribution in [1.82, 2.24) is 9.97 Å². The van der Waals surface area contributed by atoms with Crippen molar-refractivity contribution < 1.29 is 0 Å². The lowest BCUT2D eigenvalue weighted by atomic mass is 10.1. The maximum atomic E-state index is 6.08. The number of rotatable bonds is 2. The van der Waals surface area contributed by atoms with Crippen molar-refractivity contribution in [2.24, 2.45) is 0 Å². The van der Waals surface area contributed by atoms with Crippen LogP contribution in [-0.4, -0.2) is 9.97 Å². The van der Waals surface area contributed by atoms with Crippen LogP contribution in [0.4, 0.5) is 16.0 Å². The van der Waals surface area contributed by atoms with E-state index in [1.807, 2.05) is 25.1 Å². The summed E-state index contributed by atoms with van der Waals surface area (Å²) >= 11 is 9.29. The predicted molar refractivity (Wildman–Crippen MR) is 94.5 cm³/mol. The number of nitrogens with two attached hydrogens (primary N) is 1. The van der Waals surface area contributed by atoms with E-state index in [2.05, 4.69) is 10.3 Å². The Balaban J connectivity index is 1.71. The lowest BCUT2D eigenvalue weighted by molar-refractivity contribution is 0.923. The Morgan fingerprint density at radius 2 is 2.09 bits per heavy atom. The van der Waals surface area contributed by atoms with Gasteiger partial charge in [0.15, 0.2) is 10.3 Å². The fourth-order valence-corrected chi connectivity index (χ4v) is 4.67. The molecule has 2 heterocycles. The van der Waals surface area contributed by atoms with Crippen LogP contribution in [0.15, 0.2) is 18.2 Å². The first-order chi connectivity index (χ1) is 10.6. The normalized spacial score (nSPS) is 12.8. The van der Waals surface area contributed by atoms with Gasteiger partial charge in [-0.05, 0) is 37.5 Å². The first kappa shape index (κ1) is 14.0. The minimum absolute atomic E-state index is 0.617. The van der Waals surface area contributed by atoms with E-state index in [1.165, 1.54) is 16.2 Å². The van der Waals surface area contributed by atoms with E-state index in [4.69, 9.17) is 22.3 Å². The van der Waals surface area contributed by atoms with Gasteiger partial charge in [-0.2, -0.15) is 0 Å². The average Bonchev–Trinajstić information content (AvgIpc) is 3.04. The van der Waals surface area contributed by atoms with Gasteiger partial charge in [0, 0.05) is 15.6 Å². The van der Waals surface area contributed by atoms with Gasteiger partial charge >= 0.3 is 0 Å². The van der Waals surface area contributed by atoms with Crippen LogP contribution in [-0.2, 0) is 12.8 Å². The molecular weight excluding hydrogens is 336 g/mol. The summed E-state index contributed by atoms with van der Waals surface area (Å²) < 4.78 is 0. The number of aromatic nitrogens is 2. The molecule has 0 atom stereocenters. The zero-order chi connectivity index (χ0) is 15.3. The molecule has 4 nitrogen and oxygen atoms in total. The number of hydrogen-bond donors (Lipinski definition) is 2. The average molecular weight is 349 g/mol. The number of thiazole rings is 2. The lowest BCUT2D eigenvalue weighted by Crippen LogP contribution is -2.00. The van der Waals surface area contributed by atoms with Gasteiger partial charge in [-0.3, -0.25) is 0 Å². The summed E-state index contributed by atoms with van der Waals surface area (Å²) in [6.45, 7) is 2.05. The standard InChI is InChI=1S/C15H13ClN4S2/c1-7-2-3-8(16)6-10(7)19-15-20-12-11(21-15)5-4-9-13(12)22-14(17)18-9/h2-3,6H,4-5H2,1H3,(H2,17,18)(H,19,20). The van der Waals surface area contributed by atoms with Gasteiger partial charge in [0.1, 0.15) is 0 Å². The molecule has 0 spiro atoms. The smallest absolute Gasteiger partial charge is 0.188 e. The van der Waals surface area contributed by atoms with E-state index < -0.39 is 0 Å². The Bertz CT molecular complexity index is 869. The molecule has 0 unspecified atom stereocenters. The SMILES string of the molecule is Cc1ccc(Cl)cc1Nc1nc2c(s1)CCc1nc(N)sc1-2. The maximum Gasteiger partial charge on any atom is 0.188 e. The molecule has 0 saturated carbocycles. The van der Waals surface area contributed by atoms with Crippen molar-refractivity contribution in [2.75, 3.05) is 11.1 Å². The molecule has 0 amide bonds. The monoisotopic (exact) mass is 348 g/mol. The molecular formula is C15H13ClN4S2. The van der Waals surface area contributed by atoms with E-state index in [1.54, 1.807) is 11.3 Å². The minimum atomic E-state index is 0.617. The summed E-state index contributed by atoms with van der Waals surface area (Å²) in [5.41, 5.74) is 10.1. The molecule has 7 heteroatoms. The number of aryl methyl sites for hydroxylation is 3. The van der Waals surface area contributed by atoms with Gasteiger partial charge in [-0.15, -0.1) is 11.3 Å². The quantitative estimate of drug-likeness (QED) is 0.707. The van der Waals surface area contributed by atoms with E-state index >= 15 is 0 Å². The van der Waals surface area contributed by atoms with Gasteiger partial charge in [0.05, 0.1) is 16.3 Å². The molecule has 1 aliphatic carbocycles. The van der Waals surface area contributed by atoms with Gasteiger partial charge in [-0.1, -0.05) is 29.0 Å². The van der Waals surface area contributed by atoms with Gasteiger partial charge < -0.3 is 11.1 Å². The van der Waals surface area contributed by atoms with Crippen LogP contribution in [0.3, 0.4) is 0 Å². The zero-order valence-electron chi connectivity index (χ0n) is 11.8. The molecule has 0 radical (unpaired) electrons. The highest BCUT2D eigenvalue weighted by Gasteiger charge is 2.24. The van der Waals surface area contributed by atoms with Crippen molar-refractivity contribution in [3.63, 3.8) is 0 Å². The van der Waals surface area contributed by atoms with Crippen LogP contribution in [0.5, 0.6) is 0 Å². The van der Waals surface area contributed by atoms with E-state index in [0.29, 0.717) is 10.2 Å². The van der Waals surface area contributed by atoms with Crippen LogP contribution >= 0.6 is 34.3 Å². The summed E-state index contributed by atoms with van der Waals surface area (Å²) in [5.74, 6) is 0. The first-order valence-corrected chi connectivity index (χ1v) is 8.89. The molecule has 0 bridgehead atoms. The Labute approximate surface area is 141 Å². The van der Waals surface area contributed by atoms with Gasteiger partial charge in [0.2, 0.25) is 0 Å². The Hall–Kier alpha value is -1.63. The minimum Gasteiger partial charge on any atom is -0.375 e. The Kier molecular flexibility index (Phi) is 3.32. The number of anilines is 3. The molecule has 2 aromatic heterocycles. The van der Waals surface area contributed by atoms with Gasteiger partial charge in [-0.25, -0.2) is 9.97 Å². The second-order valence-electron chi connectivity index (χ2n) is 5.20. The van der Waals surface area contributed by atoms with E-state index in [-0.39, 0.29) is 0 Å². The zero-order valence-corrected chi connectivity index (χ0v) is 14.2. The van der Waals surface area contributed by atoms with Crippen LogP contribution in [0.25, 0.3) is 10.6 Å². The van der Waals surface area contributed by atoms with Crippen molar-refractivity contribution in [2.45, 2.75) is 19.8 Å². The predicted octanol–water partition coefficient (Wildman–Crippen LogP) is 4.65. The van der Waals surface area contributed by atoms with Crippen LogP contribution in [0.1, 0.15) is 16.1 Å². The second kappa shape index (κ2) is 5.22. The molecule has 1 aromatic carbocycles. The molecule has 0 aliphatic heterocycles. The summed E-state index contributed by atoms with van der Waals surface area (Å²) in [6, 6.07) is 5.81. The van der Waals surface area contributed by atoms with Crippen molar-refractivity contribution in [3.8, 4) is 10.6 Å². The fourth-order valence-electron chi connectivity index (χ4n) is 2.55. The second-order valence-corrected chi connectivity index (χ2v) is 7.75. The van der Waals surface area contributed by atoms with Crippen molar-refractivity contribution >= 4 is 50.2 Å². The van der Waals surface area contributed by atoms with Crippen LogP contribution in [0, 0.1) is 6.92 Å². The number of nitrogen functional groups attached to an aromatic ring is 1. The van der Waals surface area contributed by atoms with Crippen LogP contribution < -0.4 is 11.1 Å². The van der Waals surface area contributed by atoms with Crippen molar-refractivity contribution in [3.05, 3.63) is 39.4 Å². The van der Waals surface area contributed by atoms with Crippen LogP contribution in [0.2, 0.25) is 5.02 Å². The fraction of sp³-hybridized carbons (Fsp3) is 0.200. The number of hydrogen-bond acceptors (Lipinski definition) is 6. The highest BCUT2D eigenvalue weighted by atomic mass is 35.5. The number of nitrogens with one attached hydrogen (secondary N) is 1. The topological polar surface area (TPSA) is 63.8 Å². The number of nitrogens with zero attached hydrogens (tertiary/aromatic N) is 2. The molecule has 1 aliphatic rings.